The van der Waals surface area contributed by atoms with Gasteiger partial charge in [-0.3, -0.25) is 4.79 Å². The van der Waals surface area contributed by atoms with Gasteiger partial charge in [-0.25, -0.2) is 8.42 Å². The largest absolute Gasteiger partial charge is 0.461 e. The summed E-state index contributed by atoms with van der Waals surface area (Å²) in [6.07, 6.45) is 14.5. The molecule has 5 fully saturated rings. The summed E-state index contributed by atoms with van der Waals surface area (Å²) in [7, 11) is -3.87. The molecule has 51 heavy (non-hydrogen) atoms. The van der Waals surface area contributed by atoms with Crippen molar-refractivity contribution in [3.8, 4) is 0 Å². The van der Waals surface area contributed by atoms with Crippen molar-refractivity contribution in [2.45, 2.75) is 119 Å². The molecule has 0 radical (unpaired) electrons. The van der Waals surface area contributed by atoms with Crippen molar-refractivity contribution in [1.29, 1.82) is 0 Å². The van der Waals surface area contributed by atoms with Crippen molar-refractivity contribution in [3.05, 3.63) is 88.2 Å². The fraction of sp³-hybridized carbons (Fsp3) is 0.595. The zero-order valence-electron chi connectivity index (χ0n) is 30.1. The van der Waals surface area contributed by atoms with Crippen molar-refractivity contribution < 1.29 is 27.8 Å². The smallest absolute Gasteiger partial charge is 0.252 e. The first-order valence-corrected chi connectivity index (χ1v) is 21.5. The predicted molar refractivity (Wildman–Crippen MR) is 199 cm³/mol. The fourth-order valence-electron chi connectivity index (χ4n) is 11.6. The summed E-state index contributed by atoms with van der Waals surface area (Å²) in [5.74, 6) is 1.90. The lowest BCUT2D eigenvalue weighted by Gasteiger charge is -2.58. The highest BCUT2D eigenvalue weighted by Crippen LogP contribution is 2.62. The summed E-state index contributed by atoms with van der Waals surface area (Å²) in [4.78, 5) is 14.1. The van der Waals surface area contributed by atoms with Crippen LogP contribution in [-0.4, -0.2) is 53.5 Å². The van der Waals surface area contributed by atoms with Crippen LogP contribution in [0.1, 0.15) is 124 Å². The lowest BCUT2D eigenvalue weighted by Crippen LogP contribution is -2.57. The Bertz CT molecular complexity index is 1850. The maximum Gasteiger partial charge on any atom is 0.252 e. The highest BCUT2D eigenvalue weighted by Gasteiger charge is 2.59. The van der Waals surface area contributed by atoms with E-state index in [1.165, 1.54) is 42.4 Å². The number of rotatable bonds is 8. The van der Waals surface area contributed by atoms with Crippen LogP contribution in [0, 0.1) is 28.6 Å². The number of thiophene rings is 1. The zero-order chi connectivity index (χ0) is 35.6. The number of allylic oxidation sites excluding steroid dienone is 2. The molecule has 7 nitrogen and oxygen atoms in total. The Balaban J connectivity index is 1.20. The van der Waals surface area contributed by atoms with Gasteiger partial charge in [0, 0.05) is 24.1 Å². The monoisotopic (exact) mass is 731 g/mol. The molecular formula is C42H53NO6S2. The van der Waals surface area contributed by atoms with E-state index in [0.29, 0.717) is 72.6 Å². The second-order valence-corrected chi connectivity index (χ2v) is 20.5. The number of benzene rings is 1. The molecular weight excluding hydrogens is 679 g/mol. The number of sulfonamides is 1. The molecule has 7 aliphatic carbocycles. The minimum atomic E-state index is -3.87. The Morgan fingerprint density at radius 1 is 1.00 bits per heavy atom. The first kappa shape index (κ1) is 35.5. The quantitative estimate of drug-likeness (QED) is 0.178. The summed E-state index contributed by atoms with van der Waals surface area (Å²) < 4.78 is 37.0. The van der Waals surface area contributed by atoms with Gasteiger partial charge in [0.1, 0.15) is 4.21 Å². The lowest BCUT2D eigenvalue weighted by molar-refractivity contribution is -0.0920. The number of furan rings is 1. The van der Waals surface area contributed by atoms with Crippen molar-refractivity contribution >= 4 is 27.1 Å². The van der Waals surface area contributed by atoms with E-state index >= 15 is 0 Å². The molecule has 3 aromatic rings. The van der Waals surface area contributed by atoms with E-state index < -0.39 is 27.1 Å². The number of fused-ring (bicyclic) bond motifs is 8. The van der Waals surface area contributed by atoms with Gasteiger partial charge >= 0.3 is 0 Å². The normalized spacial score (nSPS) is 35.2. The molecule has 1 aromatic carbocycles. The Morgan fingerprint density at radius 3 is 2.41 bits per heavy atom. The minimum Gasteiger partial charge on any atom is -0.461 e. The van der Waals surface area contributed by atoms with Gasteiger partial charge in [0.2, 0.25) is 5.78 Å². The van der Waals surface area contributed by atoms with E-state index in [0.717, 1.165) is 36.8 Å². The Labute approximate surface area is 307 Å². The topological polar surface area (TPSA) is 108 Å². The van der Waals surface area contributed by atoms with E-state index in [1.807, 2.05) is 23.6 Å². The molecule has 0 saturated heterocycles. The van der Waals surface area contributed by atoms with Gasteiger partial charge in [-0.1, -0.05) is 36.8 Å². The molecule has 0 aliphatic heterocycles. The lowest BCUT2D eigenvalue weighted by atomic mass is 9.49. The molecule has 9 heteroatoms. The minimum absolute atomic E-state index is 0.0381. The summed E-state index contributed by atoms with van der Waals surface area (Å²) in [6.45, 7) is 4.74. The molecule has 2 heterocycles. The molecule has 0 unspecified atom stereocenters. The first-order valence-electron chi connectivity index (χ1n) is 19.2. The van der Waals surface area contributed by atoms with E-state index in [1.54, 1.807) is 28.6 Å². The Morgan fingerprint density at radius 2 is 1.75 bits per heavy atom. The summed E-state index contributed by atoms with van der Waals surface area (Å²) in [5, 5.41) is 26.0. The zero-order valence-corrected chi connectivity index (χ0v) is 31.7. The van der Waals surface area contributed by atoms with Crippen molar-refractivity contribution in [3.63, 3.8) is 0 Å². The van der Waals surface area contributed by atoms with E-state index in [4.69, 9.17) is 4.42 Å². The molecule has 0 amide bonds. The molecule has 6 bridgehead atoms. The Kier molecular flexibility index (Phi) is 9.31. The second kappa shape index (κ2) is 13.4. The van der Waals surface area contributed by atoms with Crippen LogP contribution < -0.4 is 0 Å². The Hall–Kier alpha value is -2.56. The van der Waals surface area contributed by atoms with E-state index in [-0.39, 0.29) is 29.4 Å². The van der Waals surface area contributed by atoms with Crippen LogP contribution in [0.4, 0.5) is 0 Å². The summed E-state index contributed by atoms with van der Waals surface area (Å²) >= 11 is 1.25. The number of aliphatic hydroxyl groups excluding tert-OH is 1. The van der Waals surface area contributed by atoms with Gasteiger partial charge in [0.15, 0.2) is 5.76 Å². The van der Waals surface area contributed by atoms with Crippen LogP contribution in [0.2, 0.25) is 0 Å². The maximum atomic E-state index is 14.7. The maximum absolute atomic E-state index is 14.7. The third-order valence-electron chi connectivity index (χ3n) is 13.9. The summed E-state index contributed by atoms with van der Waals surface area (Å²) in [5.41, 5.74) is 1.38. The highest BCUT2D eigenvalue weighted by molar-refractivity contribution is 7.91. The number of hydrogen-bond acceptors (Lipinski definition) is 7. The van der Waals surface area contributed by atoms with Gasteiger partial charge in [-0.05, 0) is 160 Å². The number of aliphatic hydroxyl groups is 2. The van der Waals surface area contributed by atoms with Crippen LogP contribution in [0.5, 0.6) is 0 Å². The predicted octanol–water partition coefficient (Wildman–Crippen LogP) is 8.52. The molecule has 4 atom stereocenters. The standard InChI is InChI=1S/C42H53NO6S2/c1-28-6-3-14-40(2)36(34-12-10-29(21-33(44)11-9-28)22-35(34)39(45)37-7-4-16-49-37)13-15-42(40,46)27-43(51(47,48)38-8-5-17-50-38)26-41-23-30-18-31(24-41)20-32(19-30)25-41/h4-8,10,12,16-17,22,30-33,36,44,46H,3,9,11,13-15,18-21,23-27H2,1-2H3/t30?,31?,32?,33-,36-,40-,41?,42+/m0/s1. The van der Waals surface area contributed by atoms with Crippen LogP contribution in [0.15, 0.2) is 74.4 Å². The van der Waals surface area contributed by atoms with Crippen LogP contribution in [0.25, 0.3) is 0 Å². The van der Waals surface area contributed by atoms with Crippen molar-refractivity contribution in [2.24, 2.45) is 28.6 Å². The molecule has 10 rings (SSSR count). The average molecular weight is 732 g/mol. The van der Waals surface area contributed by atoms with Gasteiger partial charge in [0.25, 0.3) is 10.0 Å². The third kappa shape index (κ3) is 6.53. The summed E-state index contributed by atoms with van der Waals surface area (Å²) in [6, 6.07) is 12.9. The average Bonchev–Trinajstić information content (AvgIpc) is 3.86. The van der Waals surface area contributed by atoms with Crippen LogP contribution in [0.3, 0.4) is 0 Å². The van der Waals surface area contributed by atoms with Crippen LogP contribution in [-0.2, 0) is 16.4 Å². The number of nitrogens with zero attached hydrogens (tertiary/aromatic N) is 1. The molecule has 2 N–H and O–H groups in total. The highest BCUT2D eigenvalue weighted by atomic mass is 32.2. The van der Waals surface area contributed by atoms with E-state index in [2.05, 4.69) is 19.9 Å². The fourth-order valence-corrected chi connectivity index (χ4v) is 14.4. The molecule has 274 valence electrons. The van der Waals surface area contributed by atoms with Gasteiger partial charge in [-0.15, -0.1) is 11.3 Å². The third-order valence-corrected chi connectivity index (χ3v) is 17.0. The SMILES string of the molecule is CC1=CCC[C@@]2(C)[C@@H](CC[C@@]2(O)CN(CC23CC4CC(CC(C4)C2)C3)S(=O)(=O)c2cccs2)c2ccc(cc2C(=O)c2ccco2)C[C@@H](O)CC1. The first-order chi connectivity index (χ1) is 24.4. The molecule has 2 aromatic heterocycles. The number of carbonyl (C=O) groups is 1. The van der Waals surface area contributed by atoms with Crippen LogP contribution >= 0.6 is 11.3 Å². The van der Waals surface area contributed by atoms with Crippen molar-refractivity contribution in [2.75, 3.05) is 13.1 Å². The second-order valence-electron chi connectivity index (χ2n) is 17.4. The van der Waals surface area contributed by atoms with Gasteiger partial charge < -0.3 is 14.6 Å². The number of carbonyl (C=O) groups excluding carboxylic acids is 1. The van der Waals surface area contributed by atoms with Crippen molar-refractivity contribution in [1.82, 2.24) is 4.31 Å². The molecule has 0 spiro atoms. The van der Waals surface area contributed by atoms with E-state index in [9.17, 15) is 23.4 Å². The number of ketones is 1. The molecule has 5 saturated carbocycles. The number of hydrogen-bond donors (Lipinski definition) is 2. The molecule has 7 aliphatic rings. The van der Waals surface area contributed by atoms with Gasteiger partial charge in [-0.2, -0.15) is 4.31 Å². The van der Waals surface area contributed by atoms with Gasteiger partial charge in [0.05, 0.1) is 18.0 Å².